The van der Waals surface area contributed by atoms with E-state index in [0.29, 0.717) is 0 Å². The molecule has 0 saturated heterocycles. The summed E-state index contributed by atoms with van der Waals surface area (Å²) in [5.41, 5.74) is 4.82. The van der Waals surface area contributed by atoms with Gasteiger partial charge in [0.1, 0.15) is 0 Å². The Labute approximate surface area is 93.3 Å². The van der Waals surface area contributed by atoms with Crippen LogP contribution in [0.15, 0.2) is 37.4 Å². The molecular formula is C15H20. The highest BCUT2D eigenvalue weighted by Crippen LogP contribution is 2.20. The molecule has 80 valence electrons. The van der Waals surface area contributed by atoms with Crippen molar-refractivity contribution >= 4 is 11.1 Å². The van der Waals surface area contributed by atoms with Crippen LogP contribution in [0.4, 0.5) is 0 Å². The highest BCUT2D eigenvalue weighted by Gasteiger charge is 1.99. The molecule has 0 unspecified atom stereocenters. The van der Waals surface area contributed by atoms with Crippen molar-refractivity contribution in [3.63, 3.8) is 0 Å². The Hall–Kier alpha value is -1.30. The Morgan fingerprint density at radius 2 is 1.60 bits per heavy atom. The van der Waals surface area contributed by atoms with E-state index in [1.165, 1.54) is 29.5 Å². The zero-order chi connectivity index (χ0) is 11.3. The molecule has 0 heteroatoms. The van der Waals surface area contributed by atoms with Crippen LogP contribution in [0.3, 0.4) is 0 Å². The first-order chi connectivity index (χ1) is 7.15. The lowest BCUT2D eigenvalue weighted by Gasteiger charge is -2.06. The van der Waals surface area contributed by atoms with Crippen LogP contribution >= 0.6 is 0 Å². The summed E-state index contributed by atoms with van der Waals surface area (Å²) in [6, 6.07) is 8.52. The summed E-state index contributed by atoms with van der Waals surface area (Å²) >= 11 is 0. The lowest BCUT2D eigenvalue weighted by Crippen LogP contribution is -1.85. The first kappa shape index (κ1) is 11.8. The molecule has 1 aromatic carbocycles. The SMILES string of the molecule is C=C(C)c1ccc(C(=C)CCCC)cc1. The van der Waals surface area contributed by atoms with Crippen molar-refractivity contribution in [2.24, 2.45) is 0 Å². The van der Waals surface area contributed by atoms with E-state index in [9.17, 15) is 0 Å². The van der Waals surface area contributed by atoms with Gasteiger partial charge in [0.05, 0.1) is 0 Å². The van der Waals surface area contributed by atoms with E-state index in [4.69, 9.17) is 0 Å². The summed E-state index contributed by atoms with van der Waals surface area (Å²) < 4.78 is 0. The normalized spacial score (nSPS) is 10.0. The molecule has 0 aliphatic rings. The van der Waals surface area contributed by atoms with Gasteiger partial charge in [-0.3, -0.25) is 0 Å². The van der Waals surface area contributed by atoms with Gasteiger partial charge in [-0.05, 0) is 36.5 Å². The van der Waals surface area contributed by atoms with Crippen LogP contribution < -0.4 is 0 Å². The second kappa shape index (κ2) is 5.55. The molecule has 0 saturated carbocycles. The van der Waals surface area contributed by atoms with Gasteiger partial charge in [-0.2, -0.15) is 0 Å². The highest BCUT2D eigenvalue weighted by molar-refractivity contribution is 5.67. The third-order valence-electron chi connectivity index (χ3n) is 2.62. The molecule has 0 radical (unpaired) electrons. The van der Waals surface area contributed by atoms with Gasteiger partial charge in [0, 0.05) is 0 Å². The summed E-state index contributed by atoms with van der Waals surface area (Å²) in [6.45, 7) is 12.3. The van der Waals surface area contributed by atoms with Gasteiger partial charge in [0.2, 0.25) is 0 Å². The van der Waals surface area contributed by atoms with Crippen molar-refractivity contribution in [3.05, 3.63) is 48.6 Å². The molecule has 0 fully saturated rings. The number of unbranched alkanes of at least 4 members (excludes halogenated alkanes) is 1. The summed E-state index contributed by atoms with van der Waals surface area (Å²) in [6.07, 6.45) is 3.55. The zero-order valence-corrected chi connectivity index (χ0v) is 9.84. The predicted molar refractivity (Wildman–Crippen MR) is 69.7 cm³/mol. The Morgan fingerprint density at radius 3 is 2.07 bits per heavy atom. The maximum Gasteiger partial charge on any atom is -0.0230 e. The van der Waals surface area contributed by atoms with Crippen LogP contribution in [0, 0.1) is 0 Å². The fourth-order valence-electron chi connectivity index (χ4n) is 1.52. The number of hydrogen-bond donors (Lipinski definition) is 0. The minimum absolute atomic E-state index is 1.10. The van der Waals surface area contributed by atoms with E-state index in [1.807, 2.05) is 6.92 Å². The second-order valence-corrected chi connectivity index (χ2v) is 4.06. The average molecular weight is 200 g/mol. The monoisotopic (exact) mass is 200 g/mol. The molecule has 0 nitrogen and oxygen atoms in total. The molecule has 0 bridgehead atoms. The van der Waals surface area contributed by atoms with Crippen molar-refractivity contribution < 1.29 is 0 Å². The maximum atomic E-state index is 4.11. The quantitative estimate of drug-likeness (QED) is 0.632. The largest absolute Gasteiger partial charge is 0.0955 e. The highest BCUT2D eigenvalue weighted by atomic mass is 14.0. The van der Waals surface area contributed by atoms with E-state index in [0.717, 1.165) is 12.0 Å². The fourth-order valence-corrected chi connectivity index (χ4v) is 1.52. The minimum atomic E-state index is 1.10. The summed E-state index contributed by atoms with van der Waals surface area (Å²) in [7, 11) is 0. The third kappa shape index (κ3) is 3.39. The van der Waals surface area contributed by atoms with Crippen LogP contribution in [0.2, 0.25) is 0 Å². The number of benzene rings is 1. The first-order valence-electron chi connectivity index (χ1n) is 5.59. The predicted octanol–water partition coefficient (Wildman–Crippen LogP) is 4.92. The molecule has 0 spiro atoms. The van der Waals surface area contributed by atoms with E-state index < -0.39 is 0 Å². The smallest absolute Gasteiger partial charge is 0.0230 e. The molecule has 0 amide bonds. The summed E-state index contributed by atoms with van der Waals surface area (Å²) in [5.74, 6) is 0. The van der Waals surface area contributed by atoms with Crippen molar-refractivity contribution in [2.45, 2.75) is 33.1 Å². The van der Waals surface area contributed by atoms with Crippen LogP contribution in [0.25, 0.3) is 11.1 Å². The molecule has 0 N–H and O–H groups in total. The van der Waals surface area contributed by atoms with E-state index in [1.54, 1.807) is 0 Å². The van der Waals surface area contributed by atoms with Crippen molar-refractivity contribution in [2.75, 3.05) is 0 Å². The third-order valence-corrected chi connectivity index (χ3v) is 2.62. The van der Waals surface area contributed by atoms with Gasteiger partial charge in [-0.15, -0.1) is 0 Å². The van der Waals surface area contributed by atoms with Crippen LogP contribution in [-0.2, 0) is 0 Å². The number of rotatable bonds is 5. The molecule has 1 aromatic rings. The van der Waals surface area contributed by atoms with Crippen molar-refractivity contribution in [3.8, 4) is 0 Å². The molecule has 15 heavy (non-hydrogen) atoms. The second-order valence-electron chi connectivity index (χ2n) is 4.06. The van der Waals surface area contributed by atoms with Crippen molar-refractivity contribution in [1.82, 2.24) is 0 Å². The van der Waals surface area contributed by atoms with Gasteiger partial charge >= 0.3 is 0 Å². The summed E-state index contributed by atoms with van der Waals surface area (Å²) in [5, 5.41) is 0. The average Bonchev–Trinajstić information content (AvgIpc) is 2.26. The fraction of sp³-hybridized carbons (Fsp3) is 0.333. The molecule has 0 aliphatic heterocycles. The van der Waals surface area contributed by atoms with E-state index >= 15 is 0 Å². The van der Waals surface area contributed by atoms with Gasteiger partial charge in [-0.1, -0.05) is 56.3 Å². The standard InChI is InChI=1S/C15H20/c1-5-6-7-13(4)15-10-8-14(9-11-15)12(2)3/h8-11H,2,4-7H2,1,3H3. The van der Waals surface area contributed by atoms with Crippen LogP contribution in [-0.4, -0.2) is 0 Å². The topological polar surface area (TPSA) is 0 Å². The zero-order valence-electron chi connectivity index (χ0n) is 9.84. The van der Waals surface area contributed by atoms with Gasteiger partial charge in [0.25, 0.3) is 0 Å². The lowest BCUT2D eigenvalue weighted by molar-refractivity contribution is 0.825. The van der Waals surface area contributed by atoms with Gasteiger partial charge in [0.15, 0.2) is 0 Å². The van der Waals surface area contributed by atoms with Gasteiger partial charge in [-0.25, -0.2) is 0 Å². The minimum Gasteiger partial charge on any atom is -0.0955 e. The van der Waals surface area contributed by atoms with E-state index in [-0.39, 0.29) is 0 Å². The Bertz CT molecular complexity index is 341. The Balaban J connectivity index is 2.71. The molecule has 0 aliphatic carbocycles. The van der Waals surface area contributed by atoms with Crippen LogP contribution in [0.5, 0.6) is 0 Å². The van der Waals surface area contributed by atoms with Gasteiger partial charge < -0.3 is 0 Å². The molecule has 0 atom stereocenters. The molecule has 1 rings (SSSR count). The Kier molecular flexibility index (Phi) is 4.36. The molecule has 0 aromatic heterocycles. The number of allylic oxidation sites excluding steroid dienone is 2. The lowest BCUT2D eigenvalue weighted by atomic mass is 9.99. The number of hydrogen-bond acceptors (Lipinski definition) is 0. The Morgan fingerprint density at radius 1 is 1.07 bits per heavy atom. The first-order valence-corrected chi connectivity index (χ1v) is 5.59. The molecule has 0 heterocycles. The van der Waals surface area contributed by atoms with Crippen molar-refractivity contribution in [1.29, 1.82) is 0 Å². The molecular weight excluding hydrogens is 180 g/mol. The summed E-state index contributed by atoms with van der Waals surface area (Å²) in [4.78, 5) is 0. The van der Waals surface area contributed by atoms with E-state index in [2.05, 4.69) is 44.3 Å². The maximum absolute atomic E-state index is 4.11. The van der Waals surface area contributed by atoms with Crippen LogP contribution in [0.1, 0.15) is 44.2 Å².